The first-order valence-electron chi connectivity index (χ1n) is 6.20. The highest BCUT2D eigenvalue weighted by Crippen LogP contribution is 2.20. The number of hydrogen-bond acceptors (Lipinski definition) is 5. The number of sulfone groups is 1. The van der Waals surface area contributed by atoms with Crippen molar-refractivity contribution in [3.8, 4) is 0 Å². The number of aliphatic hydroxyl groups excluding tert-OH is 1. The summed E-state index contributed by atoms with van der Waals surface area (Å²) in [6.45, 7) is 0.0169. The van der Waals surface area contributed by atoms with Crippen LogP contribution >= 0.6 is 0 Å². The highest BCUT2D eigenvalue weighted by atomic mass is 32.2. The van der Waals surface area contributed by atoms with E-state index >= 15 is 0 Å². The Morgan fingerprint density at radius 3 is 2.76 bits per heavy atom. The van der Waals surface area contributed by atoms with Gasteiger partial charge in [0.05, 0.1) is 6.10 Å². The van der Waals surface area contributed by atoms with Crippen molar-refractivity contribution in [3.05, 3.63) is 54.0 Å². The third-order valence-corrected chi connectivity index (χ3v) is 3.99. The fourth-order valence-corrected chi connectivity index (χ4v) is 2.65. The maximum atomic E-state index is 13.1. The number of aliphatic hydroxyl groups is 1. The van der Waals surface area contributed by atoms with Gasteiger partial charge < -0.3 is 10.4 Å². The summed E-state index contributed by atoms with van der Waals surface area (Å²) in [7, 11) is -3.42. The summed E-state index contributed by atoms with van der Waals surface area (Å²) in [5.41, 5.74) is 0.402. The first-order valence-corrected chi connectivity index (χ1v) is 8.09. The Labute approximate surface area is 122 Å². The van der Waals surface area contributed by atoms with Gasteiger partial charge in [0.1, 0.15) is 16.5 Å². The second-order valence-electron chi connectivity index (χ2n) is 4.57. The standard InChI is InChI=1S/C14H15FN2O3S/c1-21(19,20)13-6-3-7-16-14(13)17-9-12(18)10-4-2-5-11(15)8-10/h2-8,12,18H,9H2,1H3,(H,16,17). The molecule has 1 aromatic carbocycles. The van der Waals surface area contributed by atoms with Crippen LogP contribution in [-0.2, 0) is 9.84 Å². The van der Waals surface area contributed by atoms with Crippen LogP contribution in [0.3, 0.4) is 0 Å². The Kier molecular flexibility index (Phi) is 4.54. The van der Waals surface area contributed by atoms with Crippen molar-refractivity contribution in [2.75, 3.05) is 18.1 Å². The number of anilines is 1. The minimum atomic E-state index is -3.42. The van der Waals surface area contributed by atoms with E-state index in [0.29, 0.717) is 5.56 Å². The fraction of sp³-hybridized carbons (Fsp3) is 0.214. The van der Waals surface area contributed by atoms with Crippen LogP contribution < -0.4 is 5.32 Å². The third-order valence-electron chi connectivity index (χ3n) is 2.87. The molecular formula is C14H15FN2O3S. The van der Waals surface area contributed by atoms with E-state index in [1.54, 1.807) is 6.07 Å². The molecule has 1 aromatic heterocycles. The molecule has 0 saturated heterocycles. The van der Waals surface area contributed by atoms with Crippen LogP contribution in [0, 0.1) is 5.82 Å². The molecule has 112 valence electrons. The Morgan fingerprint density at radius 2 is 2.10 bits per heavy atom. The average Bonchev–Trinajstić information content (AvgIpc) is 2.44. The Hall–Kier alpha value is -1.99. The predicted molar refractivity (Wildman–Crippen MR) is 77.2 cm³/mol. The van der Waals surface area contributed by atoms with E-state index in [4.69, 9.17) is 0 Å². The van der Waals surface area contributed by atoms with Gasteiger partial charge in [-0.2, -0.15) is 0 Å². The van der Waals surface area contributed by atoms with Gasteiger partial charge in [0.2, 0.25) is 0 Å². The lowest BCUT2D eigenvalue weighted by Crippen LogP contribution is -2.15. The summed E-state index contributed by atoms with van der Waals surface area (Å²) >= 11 is 0. The first kappa shape index (κ1) is 15.4. The lowest BCUT2D eigenvalue weighted by molar-refractivity contribution is 0.191. The zero-order valence-corrected chi connectivity index (χ0v) is 12.1. The summed E-state index contributed by atoms with van der Waals surface area (Å²) < 4.78 is 36.3. The molecule has 0 aliphatic rings. The first-order chi connectivity index (χ1) is 9.88. The molecule has 0 radical (unpaired) electrons. The number of hydrogen-bond donors (Lipinski definition) is 2. The van der Waals surface area contributed by atoms with E-state index in [-0.39, 0.29) is 17.3 Å². The highest BCUT2D eigenvalue weighted by Gasteiger charge is 2.15. The fourth-order valence-electron chi connectivity index (χ4n) is 1.85. The van der Waals surface area contributed by atoms with Crippen molar-refractivity contribution in [3.63, 3.8) is 0 Å². The zero-order chi connectivity index (χ0) is 15.5. The van der Waals surface area contributed by atoms with Crippen LogP contribution in [0.4, 0.5) is 10.2 Å². The molecule has 2 N–H and O–H groups in total. The Morgan fingerprint density at radius 1 is 1.33 bits per heavy atom. The quantitative estimate of drug-likeness (QED) is 0.880. The summed E-state index contributed by atoms with van der Waals surface area (Å²) in [5.74, 6) is -0.281. The van der Waals surface area contributed by atoms with Crippen LogP contribution in [0.2, 0.25) is 0 Å². The van der Waals surface area contributed by atoms with Gasteiger partial charge in [0.25, 0.3) is 0 Å². The number of aromatic nitrogens is 1. The zero-order valence-electron chi connectivity index (χ0n) is 11.3. The SMILES string of the molecule is CS(=O)(=O)c1cccnc1NCC(O)c1cccc(F)c1. The number of rotatable bonds is 5. The number of halogens is 1. The maximum Gasteiger partial charge on any atom is 0.179 e. The molecule has 2 rings (SSSR count). The van der Waals surface area contributed by atoms with Crippen molar-refractivity contribution in [1.82, 2.24) is 4.98 Å². The number of nitrogens with zero attached hydrogens (tertiary/aromatic N) is 1. The van der Waals surface area contributed by atoms with Crippen molar-refractivity contribution >= 4 is 15.7 Å². The molecule has 2 aromatic rings. The largest absolute Gasteiger partial charge is 0.387 e. The summed E-state index contributed by atoms with van der Waals surface area (Å²) in [6.07, 6.45) is 1.55. The number of nitrogens with one attached hydrogen (secondary N) is 1. The van der Waals surface area contributed by atoms with Crippen LogP contribution in [-0.4, -0.2) is 31.3 Å². The second kappa shape index (κ2) is 6.19. The van der Waals surface area contributed by atoms with Crippen molar-refractivity contribution in [2.45, 2.75) is 11.0 Å². The monoisotopic (exact) mass is 310 g/mol. The molecule has 1 heterocycles. The van der Waals surface area contributed by atoms with E-state index in [0.717, 1.165) is 6.26 Å². The van der Waals surface area contributed by atoms with Crippen LogP contribution in [0.25, 0.3) is 0 Å². The van der Waals surface area contributed by atoms with Gasteiger partial charge in [-0.1, -0.05) is 12.1 Å². The lowest BCUT2D eigenvalue weighted by Gasteiger charge is -2.14. The molecule has 0 bridgehead atoms. The van der Waals surface area contributed by atoms with Gasteiger partial charge in [-0.25, -0.2) is 17.8 Å². The Bertz CT molecular complexity index is 735. The van der Waals surface area contributed by atoms with Gasteiger partial charge in [-0.3, -0.25) is 0 Å². The molecular weight excluding hydrogens is 295 g/mol. The van der Waals surface area contributed by atoms with Crippen molar-refractivity contribution in [1.29, 1.82) is 0 Å². The molecule has 0 aliphatic heterocycles. The normalized spacial score (nSPS) is 12.9. The molecule has 0 aliphatic carbocycles. The Balaban J connectivity index is 2.14. The van der Waals surface area contributed by atoms with Gasteiger partial charge in [-0.15, -0.1) is 0 Å². The highest BCUT2D eigenvalue weighted by molar-refractivity contribution is 7.90. The van der Waals surface area contributed by atoms with E-state index in [2.05, 4.69) is 10.3 Å². The van der Waals surface area contributed by atoms with Crippen LogP contribution in [0.1, 0.15) is 11.7 Å². The molecule has 0 amide bonds. The lowest BCUT2D eigenvalue weighted by atomic mass is 10.1. The molecule has 0 fully saturated rings. The predicted octanol–water partition coefficient (Wildman–Crippen LogP) is 1.77. The minimum Gasteiger partial charge on any atom is -0.387 e. The maximum absolute atomic E-state index is 13.1. The smallest absolute Gasteiger partial charge is 0.179 e. The summed E-state index contributed by atoms with van der Waals surface area (Å²) in [5, 5.41) is 12.8. The van der Waals surface area contributed by atoms with Crippen molar-refractivity contribution < 1.29 is 17.9 Å². The van der Waals surface area contributed by atoms with Gasteiger partial charge in [0.15, 0.2) is 9.84 Å². The van der Waals surface area contributed by atoms with Crippen LogP contribution in [0.5, 0.6) is 0 Å². The topological polar surface area (TPSA) is 79.3 Å². The number of benzene rings is 1. The summed E-state index contributed by atoms with van der Waals surface area (Å²) in [6, 6.07) is 8.54. The summed E-state index contributed by atoms with van der Waals surface area (Å²) in [4.78, 5) is 4.01. The van der Waals surface area contributed by atoms with Gasteiger partial charge >= 0.3 is 0 Å². The molecule has 1 atom stereocenters. The average molecular weight is 310 g/mol. The van der Waals surface area contributed by atoms with Gasteiger partial charge in [0, 0.05) is 19.0 Å². The van der Waals surface area contributed by atoms with E-state index in [9.17, 15) is 17.9 Å². The molecule has 7 heteroatoms. The molecule has 0 spiro atoms. The van der Waals surface area contributed by atoms with Crippen LogP contribution in [0.15, 0.2) is 47.5 Å². The molecule has 21 heavy (non-hydrogen) atoms. The van der Waals surface area contributed by atoms with E-state index < -0.39 is 21.8 Å². The molecule has 1 unspecified atom stereocenters. The van der Waals surface area contributed by atoms with E-state index in [1.807, 2.05) is 0 Å². The van der Waals surface area contributed by atoms with Crippen molar-refractivity contribution in [2.24, 2.45) is 0 Å². The third kappa shape index (κ3) is 3.99. The minimum absolute atomic E-state index is 0.0169. The van der Waals surface area contributed by atoms with Gasteiger partial charge in [-0.05, 0) is 29.8 Å². The molecule has 0 saturated carbocycles. The number of pyridine rings is 1. The second-order valence-corrected chi connectivity index (χ2v) is 6.56. The van der Waals surface area contributed by atoms with E-state index in [1.165, 1.54) is 36.5 Å². The molecule has 5 nitrogen and oxygen atoms in total.